The SMILES string of the molecule is Cc1ncsc1-c1ccc(CNC(=O)[C@@H]2C[C@@H](O)CN2C(=O)[C@@H](NC(=O)COCCN2CCN(C(=O)OC(C)(C)C)CC2)C(C)(C)C)cc1. The van der Waals surface area contributed by atoms with Gasteiger partial charge < -0.3 is 35.0 Å². The van der Waals surface area contributed by atoms with Crippen LogP contribution < -0.4 is 10.6 Å². The van der Waals surface area contributed by atoms with Gasteiger partial charge >= 0.3 is 6.09 Å². The van der Waals surface area contributed by atoms with Crippen LogP contribution in [0.5, 0.6) is 0 Å². The van der Waals surface area contributed by atoms with E-state index in [4.69, 9.17) is 9.47 Å². The number of hydrogen-bond donors (Lipinski definition) is 3. The summed E-state index contributed by atoms with van der Waals surface area (Å²) < 4.78 is 11.1. The fourth-order valence-electron chi connectivity index (χ4n) is 5.82. The van der Waals surface area contributed by atoms with Crippen molar-refractivity contribution >= 4 is 35.2 Å². The smallest absolute Gasteiger partial charge is 0.410 e. The highest BCUT2D eigenvalue weighted by atomic mass is 32.1. The van der Waals surface area contributed by atoms with Gasteiger partial charge in [0.25, 0.3) is 0 Å². The molecule has 2 aliphatic rings. The van der Waals surface area contributed by atoms with E-state index in [1.165, 1.54) is 4.90 Å². The molecular formula is C35H52N6O7S. The van der Waals surface area contributed by atoms with E-state index in [0.29, 0.717) is 39.3 Å². The van der Waals surface area contributed by atoms with Crippen LogP contribution in [0.2, 0.25) is 0 Å². The second-order valence-corrected chi connectivity index (χ2v) is 15.7. The number of rotatable bonds is 11. The van der Waals surface area contributed by atoms with Crippen molar-refractivity contribution in [2.75, 3.05) is 52.5 Å². The Labute approximate surface area is 293 Å². The van der Waals surface area contributed by atoms with Gasteiger partial charge in [-0.05, 0) is 44.2 Å². The second-order valence-electron chi connectivity index (χ2n) is 14.8. The highest BCUT2D eigenvalue weighted by Crippen LogP contribution is 2.28. The summed E-state index contributed by atoms with van der Waals surface area (Å²) in [5.41, 5.74) is 3.53. The third kappa shape index (κ3) is 10.9. The Morgan fingerprint density at radius 1 is 1.04 bits per heavy atom. The first-order valence-corrected chi connectivity index (χ1v) is 17.7. The molecule has 2 aliphatic heterocycles. The van der Waals surface area contributed by atoms with Gasteiger partial charge in [-0.2, -0.15) is 0 Å². The fraction of sp³-hybridized carbons (Fsp3) is 0.629. The van der Waals surface area contributed by atoms with Gasteiger partial charge in [-0.1, -0.05) is 45.0 Å². The summed E-state index contributed by atoms with van der Waals surface area (Å²) in [5, 5.41) is 16.2. The number of β-amino-alcohol motifs (C(OH)–C–C–N with tert-alkyl or cyclic N) is 1. The van der Waals surface area contributed by atoms with Gasteiger partial charge in [0.15, 0.2) is 0 Å². The summed E-state index contributed by atoms with van der Waals surface area (Å²) in [6.07, 6.45) is -1.06. The number of hydrogen-bond acceptors (Lipinski definition) is 10. The summed E-state index contributed by atoms with van der Waals surface area (Å²) >= 11 is 1.58. The number of carbonyl (C=O) groups is 4. The van der Waals surface area contributed by atoms with Crippen LogP contribution in [-0.2, 0) is 30.4 Å². The van der Waals surface area contributed by atoms with Crippen LogP contribution >= 0.6 is 11.3 Å². The van der Waals surface area contributed by atoms with Gasteiger partial charge in [-0.15, -0.1) is 11.3 Å². The Balaban J connectivity index is 1.24. The Kier molecular flexibility index (Phi) is 12.8. The van der Waals surface area contributed by atoms with Crippen molar-refractivity contribution in [3.8, 4) is 10.4 Å². The van der Waals surface area contributed by atoms with Gasteiger partial charge in [-0.3, -0.25) is 19.3 Å². The highest BCUT2D eigenvalue weighted by Gasteiger charge is 2.44. The van der Waals surface area contributed by atoms with Crippen molar-refractivity contribution in [1.29, 1.82) is 0 Å². The molecule has 3 atom stereocenters. The molecular weight excluding hydrogens is 648 g/mol. The molecule has 3 N–H and O–H groups in total. The molecule has 0 unspecified atom stereocenters. The predicted molar refractivity (Wildman–Crippen MR) is 187 cm³/mol. The molecule has 49 heavy (non-hydrogen) atoms. The largest absolute Gasteiger partial charge is 0.444 e. The summed E-state index contributed by atoms with van der Waals surface area (Å²) in [6.45, 7) is 16.4. The average molecular weight is 701 g/mol. The van der Waals surface area contributed by atoms with E-state index in [1.807, 2.05) is 78.2 Å². The van der Waals surface area contributed by atoms with Gasteiger partial charge in [-0.25, -0.2) is 9.78 Å². The van der Waals surface area contributed by atoms with Crippen molar-refractivity contribution in [2.24, 2.45) is 5.41 Å². The van der Waals surface area contributed by atoms with Crippen molar-refractivity contribution in [3.05, 3.63) is 41.0 Å². The normalized spacial score (nSPS) is 19.4. The zero-order chi connectivity index (χ0) is 35.9. The number of nitrogens with one attached hydrogen (secondary N) is 2. The molecule has 0 radical (unpaired) electrons. The lowest BCUT2D eigenvalue weighted by atomic mass is 9.85. The minimum absolute atomic E-state index is 0.0000412. The maximum Gasteiger partial charge on any atom is 0.410 e. The van der Waals surface area contributed by atoms with Gasteiger partial charge in [0.2, 0.25) is 17.7 Å². The summed E-state index contributed by atoms with van der Waals surface area (Å²) in [6, 6.07) is 6.07. The Bertz CT molecular complexity index is 1440. The number of nitrogens with zero attached hydrogens (tertiary/aromatic N) is 4. The van der Waals surface area contributed by atoms with E-state index in [1.54, 1.807) is 16.2 Å². The topological polar surface area (TPSA) is 154 Å². The Morgan fingerprint density at radius 2 is 1.71 bits per heavy atom. The lowest BCUT2D eigenvalue weighted by molar-refractivity contribution is -0.144. The molecule has 0 spiro atoms. The third-order valence-electron chi connectivity index (χ3n) is 8.52. The minimum Gasteiger partial charge on any atom is -0.444 e. The number of aromatic nitrogens is 1. The number of amides is 4. The second kappa shape index (κ2) is 16.4. The van der Waals surface area contributed by atoms with Crippen molar-refractivity contribution in [3.63, 3.8) is 0 Å². The molecule has 0 aliphatic carbocycles. The molecule has 4 rings (SSSR count). The Morgan fingerprint density at radius 3 is 2.31 bits per heavy atom. The van der Waals surface area contributed by atoms with E-state index < -0.39 is 41.0 Å². The summed E-state index contributed by atoms with van der Waals surface area (Å²) in [4.78, 5) is 63.1. The first kappa shape index (κ1) is 38.2. The van der Waals surface area contributed by atoms with E-state index in [9.17, 15) is 24.3 Å². The molecule has 14 heteroatoms. The summed E-state index contributed by atoms with van der Waals surface area (Å²) in [5.74, 6) is -1.23. The zero-order valence-electron chi connectivity index (χ0n) is 29.8. The average Bonchev–Trinajstić information content (AvgIpc) is 3.65. The molecule has 0 saturated carbocycles. The molecule has 3 heterocycles. The van der Waals surface area contributed by atoms with E-state index in [-0.39, 0.29) is 38.1 Å². The first-order chi connectivity index (χ1) is 23.0. The molecule has 270 valence electrons. The van der Waals surface area contributed by atoms with Crippen LogP contribution in [0, 0.1) is 12.3 Å². The monoisotopic (exact) mass is 700 g/mol. The maximum atomic E-state index is 13.9. The maximum absolute atomic E-state index is 13.9. The standard InChI is InChI=1S/C35H52N6O7S/c1-23-29(49-22-37-23)25-10-8-24(9-11-25)19-36-31(44)27-18-26(42)20-41(27)32(45)30(34(2,3)4)38-28(43)21-47-17-16-39-12-14-40(15-13-39)33(46)48-35(5,6)7/h8-11,22,26-27,30,42H,12-21H2,1-7H3,(H,36,44)(H,38,43)/t26-,27+,30-/m1/s1. The van der Waals surface area contributed by atoms with Crippen LogP contribution in [0.4, 0.5) is 4.79 Å². The number of piperazine rings is 1. The number of aliphatic hydroxyl groups is 1. The third-order valence-corrected chi connectivity index (χ3v) is 9.50. The molecule has 4 amide bonds. The van der Waals surface area contributed by atoms with E-state index >= 15 is 0 Å². The highest BCUT2D eigenvalue weighted by molar-refractivity contribution is 7.13. The number of aryl methyl sites for hydroxylation is 1. The molecule has 1 aromatic carbocycles. The van der Waals surface area contributed by atoms with E-state index in [2.05, 4.69) is 20.5 Å². The van der Waals surface area contributed by atoms with Crippen LogP contribution in [0.1, 0.15) is 59.2 Å². The number of likely N-dealkylation sites (tertiary alicyclic amines) is 1. The first-order valence-electron chi connectivity index (χ1n) is 16.8. The van der Waals surface area contributed by atoms with Crippen LogP contribution in [-0.4, -0.2) is 125 Å². The molecule has 13 nitrogen and oxygen atoms in total. The van der Waals surface area contributed by atoms with Gasteiger partial charge in [0.1, 0.15) is 24.3 Å². The van der Waals surface area contributed by atoms with Crippen LogP contribution in [0.15, 0.2) is 29.8 Å². The minimum atomic E-state index is -0.937. The fourth-order valence-corrected chi connectivity index (χ4v) is 6.63. The van der Waals surface area contributed by atoms with Crippen LogP contribution in [0.3, 0.4) is 0 Å². The molecule has 2 fully saturated rings. The zero-order valence-corrected chi connectivity index (χ0v) is 30.6. The number of aliphatic hydroxyl groups excluding tert-OH is 1. The lowest BCUT2D eigenvalue weighted by Gasteiger charge is -2.35. The number of thiazole rings is 1. The lowest BCUT2D eigenvalue weighted by Crippen LogP contribution is -2.58. The van der Waals surface area contributed by atoms with Gasteiger partial charge in [0.05, 0.1) is 28.8 Å². The predicted octanol–water partition coefficient (Wildman–Crippen LogP) is 2.80. The van der Waals surface area contributed by atoms with Gasteiger partial charge in [0, 0.05) is 52.2 Å². The van der Waals surface area contributed by atoms with Crippen LogP contribution in [0.25, 0.3) is 10.4 Å². The Hall–Kier alpha value is -3.59. The summed E-state index contributed by atoms with van der Waals surface area (Å²) in [7, 11) is 0. The number of carbonyl (C=O) groups excluding carboxylic acids is 4. The number of benzene rings is 1. The van der Waals surface area contributed by atoms with E-state index in [0.717, 1.165) is 21.7 Å². The quantitative estimate of drug-likeness (QED) is 0.301. The molecule has 1 aromatic heterocycles. The molecule has 2 aromatic rings. The molecule has 2 saturated heterocycles. The number of ether oxygens (including phenoxy) is 2. The van der Waals surface area contributed by atoms with Crippen molar-refractivity contribution in [2.45, 2.75) is 85.2 Å². The van der Waals surface area contributed by atoms with Crippen molar-refractivity contribution in [1.82, 2.24) is 30.3 Å². The molecule has 0 bridgehead atoms. The van der Waals surface area contributed by atoms with Crippen molar-refractivity contribution < 1.29 is 33.8 Å².